The van der Waals surface area contributed by atoms with Gasteiger partial charge in [0.15, 0.2) is 0 Å². The number of esters is 1. The highest BCUT2D eigenvalue weighted by molar-refractivity contribution is 5.70. The third-order valence-electron chi connectivity index (χ3n) is 3.17. The summed E-state index contributed by atoms with van der Waals surface area (Å²) in [5.41, 5.74) is 1.39. The molecule has 2 rings (SSSR count). The second-order valence-electron chi connectivity index (χ2n) is 4.46. The van der Waals surface area contributed by atoms with E-state index in [0.29, 0.717) is 18.9 Å². The molecule has 0 saturated carbocycles. The number of hydrogen-bond donors (Lipinski definition) is 0. The number of carbonyl (C=O) groups excluding carboxylic acids is 1. The van der Waals surface area contributed by atoms with Crippen LogP contribution in [-0.4, -0.2) is 12.6 Å². The fourth-order valence-electron chi connectivity index (χ4n) is 2.22. The van der Waals surface area contributed by atoms with Crippen molar-refractivity contribution in [2.24, 2.45) is 5.92 Å². The Morgan fingerprint density at radius 2 is 2.06 bits per heavy atom. The molecular formula is C14H18O2. The molecule has 16 heavy (non-hydrogen) atoms. The quantitative estimate of drug-likeness (QED) is 0.726. The summed E-state index contributed by atoms with van der Waals surface area (Å²) in [6, 6.07) is 10.5. The summed E-state index contributed by atoms with van der Waals surface area (Å²) in [7, 11) is 0. The van der Waals surface area contributed by atoms with Crippen molar-refractivity contribution in [1.29, 1.82) is 0 Å². The Bertz CT molecular complexity index is 332. The molecule has 0 bridgehead atoms. The summed E-state index contributed by atoms with van der Waals surface area (Å²) in [4.78, 5) is 11.1. The molecule has 1 fully saturated rings. The molecule has 1 aromatic rings. The number of ether oxygens (including phenoxy) is 1. The monoisotopic (exact) mass is 218 g/mol. The third kappa shape index (κ3) is 3.37. The molecule has 0 amide bonds. The maximum atomic E-state index is 11.1. The zero-order chi connectivity index (χ0) is 11.2. The lowest BCUT2D eigenvalue weighted by Gasteiger charge is -2.20. The van der Waals surface area contributed by atoms with Crippen molar-refractivity contribution in [3.05, 3.63) is 35.9 Å². The molecular weight excluding hydrogens is 200 g/mol. The minimum atomic E-state index is -0.0176. The van der Waals surface area contributed by atoms with Gasteiger partial charge in [-0.15, -0.1) is 0 Å². The van der Waals surface area contributed by atoms with Gasteiger partial charge in [-0.2, -0.15) is 0 Å². The van der Waals surface area contributed by atoms with Crippen molar-refractivity contribution < 1.29 is 9.53 Å². The van der Waals surface area contributed by atoms with Crippen molar-refractivity contribution in [3.63, 3.8) is 0 Å². The van der Waals surface area contributed by atoms with Crippen molar-refractivity contribution in [3.8, 4) is 0 Å². The van der Waals surface area contributed by atoms with Crippen LogP contribution in [0, 0.1) is 5.92 Å². The van der Waals surface area contributed by atoms with Gasteiger partial charge in [0.25, 0.3) is 0 Å². The van der Waals surface area contributed by atoms with Gasteiger partial charge in [-0.25, -0.2) is 0 Å². The minimum Gasteiger partial charge on any atom is -0.466 e. The van der Waals surface area contributed by atoms with Crippen molar-refractivity contribution in [1.82, 2.24) is 0 Å². The van der Waals surface area contributed by atoms with E-state index in [9.17, 15) is 4.79 Å². The Morgan fingerprint density at radius 3 is 2.81 bits per heavy atom. The van der Waals surface area contributed by atoms with Crippen molar-refractivity contribution >= 4 is 5.97 Å². The molecule has 0 N–H and O–H groups in total. The van der Waals surface area contributed by atoms with Crippen molar-refractivity contribution in [2.75, 3.05) is 6.61 Å². The van der Waals surface area contributed by atoms with E-state index in [-0.39, 0.29) is 5.97 Å². The average Bonchev–Trinajstić information content (AvgIpc) is 2.30. The Hall–Kier alpha value is -1.31. The molecule has 1 atom stereocenters. The first-order chi connectivity index (χ1) is 7.84. The summed E-state index contributed by atoms with van der Waals surface area (Å²) in [6.07, 6.45) is 5.09. The van der Waals surface area contributed by atoms with Crippen LogP contribution in [0.4, 0.5) is 0 Å². The van der Waals surface area contributed by atoms with E-state index in [4.69, 9.17) is 4.74 Å². The average molecular weight is 218 g/mol. The summed E-state index contributed by atoms with van der Waals surface area (Å²) in [6.45, 7) is 0.620. The second-order valence-corrected chi connectivity index (χ2v) is 4.46. The fourth-order valence-corrected chi connectivity index (χ4v) is 2.22. The smallest absolute Gasteiger partial charge is 0.306 e. The van der Waals surface area contributed by atoms with E-state index in [1.807, 2.05) is 6.07 Å². The SMILES string of the molecule is O=C1C[C@@H](CCCc2ccccc2)CCO1. The number of rotatable bonds is 4. The van der Waals surface area contributed by atoms with Crippen LogP contribution in [0.25, 0.3) is 0 Å². The van der Waals surface area contributed by atoms with Gasteiger partial charge in [0, 0.05) is 6.42 Å². The topological polar surface area (TPSA) is 26.3 Å². The summed E-state index contributed by atoms with van der Waals surface area (Å²) in [5, 5.41) is 0. The molecule has 1 aliphatic rings. The molecule has 1 aliphatic heterocycles. The lowest BCUT2D eigenvalue weighted by molar-refractivity contribution is -0.149. The van der Waals surface area contributed by atoms with E-state index in [1.165, 1.54) is 12.0 Å². The molecule has 0 aromatic heterocycles. The first-order valence-corrected chi connectivity index (χ1v) is 6.04. The van der Waals surface area contributed by atoms with Gasteiger partial charge in [0.1, 0.15) is 0 Å². The minimum absolute atomic E-state index is 0.0176. The van der Waals surface area contributed by atoms with Crippen LogP contribution in [-0.2, 0) is 16.0 Å². The largest absolute Gasteiger partial charge is 0.466 e. The van der Waals surface area contributed by atoms with Gasteiger partial charge in [0.05, 0.1) is 6.61 Å². The maximum absolute atomic E-state index is 11.1. The highest BCUT2D eigenvalue weighted by Gasteiger charge is 2.19. The van der Waals surface area contributed by atoms with E-state index in [1.54, 1.807) is 0 Å². The summed E-state index contributed by atoms with van der Waals surface area (Å²) < 4.78 is 4.93. The van der Waals surface area contributed by atoms with Crippen LogP contribution < -0.4 is 0 Å². The Labute approximate surface area is 96.6 Å². The van der Waals surface area contributed by atoms with E-state index >= 15 is 0 Å². The first kappa shape index (κ1) is 11.2. The number of cyclic esters (lactones) is 1. The van der Waals surface area contributed by atoms with Gasteiger partial charge < -0.3 is 4.74 Å². The van der Waals surface area contributed by atoms with Crippen LogP contribution in [0.3, 0.4) is 0 Å². The molecule has 1 heterocycles. The Balaban J connectivity index is 1.70. The van der Waals surface area contributed by atoms with Crippen LogP contribution in [0.1, 0.15) is 31.2 Å². The van der Waals surface area contributed by atoms with E-state index < -0.39 is 0 Å². The first-order valence-electron chi connectivity index (χ1n) is 6.04. The predicted octanol–water partition coefficient (Wildman–Crippen LogP) is 2.96. The van der Waals surface area contributed by atoms with Gasteiger partial charge >= 0.3 is 5.97 Å². The zero-order valence-electron chi connectivity index (χ0n) is 9.52. The maximum Gasteiger partial charge on any atom is 0.306 e. The van der Waals surface area contributed by atoms with E-state index in [2.05, 4.69) is 24.3 Å². The number of aryl methyl sites for hydroxylation is 1. The second kappa shape index (κ2) is 5.69. The number of carbonyl (C=O) groups is 1. The van der Waals surface area contributed by atoms with Gasteiger partial charge in [-0.05, 0) is 37.2 Å². The lowest BCUT2D eigenvalue weighted by atomic mass is 9.93. The molecule has 0 aliphatic carbocycles. The fraction of sp³-hybridized carbons (Fsp3) is 0.500. The third-order valence-corrected chi connectivity index (χ3v) is 3.17. The van der Waals surface area contributed by atoms with Gasteiger partial charge in [-0.3, -0.25) is 4.79 Å². The van der Waals surface area contributed by atoms with Gasteiger partial charge in [-0.1, -0.05) is 30.3 Å². The number of benzene rings is 1. The molecule has 1 saturated heterocycles. The Morgan fingerprint density at radius 1 is 1.25 bits per heavy atom. The molecule has 0 radical (unpaired) electrons. The lowest BCUT2D eigenvalue weighted by Crippen LogP contribution is -2.20. The number of hydrogen-bond acceptors (Lipinski definition) is 2. The Kier molecular flexibility index (Phi) is 3.97. The molecule has 2 heteroatoms. The summed E-state index contributed by atoms with van der Waals surface area (Å²) >= 11 is 0. The van der Waals surface area contributed by atoms with E-state index in [0.717, 1.165) is 19.3 Å². The van der Waals surface area contributed by atoms with Crippen molar-refractivity contribution in [2.45, 2.75) is 32.1 Å². The molecule has 2 nitrogen and oxygen atoms in total. The van der Waals surface area contributed by atoms with Crippen LogP contribution in [0.2, 0.25) is 0 Å². The standard InChI is InChI=1S/C14H18O2/c15-14-11-13(9-10-16-14)8-4-7-12-5-2-1-3-6-12/h1-3,5-6,13H,4,7-11H2/t13-/m0/s1. The van der Waals surface area contributed by atoms with Gasteiger partial charge in [0.2, 0.25) is 0 Å². The molecule has 1 aromatic carbocycles. The predicted molar refractivity (Wildman–Crippen MR) is 63.1 cm³/mol. The highest BCUT2D eigenvalue weighted by atomic mass is 16.5. The molecule has 0 unspecified atom stereocenters. The van der Waals surface area contributed by atoms with Crippen LogP contribution in [0.15, 0.2) is 30.3 Å². The normalized spacial score (nSPS) is 20.5. The zero-order valence-corrected chi connectivity index (χ0v) is 9.52. The molecule has 86 valence electrons. The molecule has 0 spiro atoms. The van der Waals surface area contributed by atoms with Crippen LogP contribution in [0.5, 0.6) is 0 Å². The van der Waals surface area contributed by atoms with Crippen LogP contribution >= 0.6 is 0 Å². The highest BCUT2D eigenvalue weighted by Crippen LogP contribution is 2.21. The summed E-state index contributed by atoms with van der Waals surface area (Å²) in [5.74, 6) is 0.529.